The fourth-order valence-corrected chi connectivity index (χ4v) is 3.22. The zero-order valence-corrected chi connectivity index (χ0v) is 14.8. The van der Waals surface area contributed by atoms with Gasteiger partial charge in [0.05, 0.1) is 0 Å². The van der Waals surface area contributed by atoms with Gasteiger partial charge in [0.1, 0.15) is 5.60 Å². The molecule has 2 amide bonds. The van der Waals surface area contributed by atoms with Crippen molar-refractivity contribution in [1.29, 1.82) is 0 Å². The molecule has 0 saturated carbocycles. The number of carbonyl (C=O) groups excluding carboxylic acids is 2. The fourth-order valence-electron chi connectivity index (χ4n) is 3.22. The molecule has 2 rings (SSSR count). The maximum absolute atomic E-state index is 12.2. The Balaban J connectivity index is 1.66. The van der Waals surface area contributed by atoms with Crippen molar-refractivity contribution in [3.8, 4) is 0 Å². The first-order chi connectivity index (χ1) is 10.8. The minimum absolute atomic E-state index is 0.211. The van der Waals surface area contributed by atoms with Gasteiger partial charge in [0, 0.05) is 32.6 Å². The van der Waals surface area contributed by atoms with Gasteiger partial charge in [-0.25, -0.2) is 4.79 Å². The van der Waals surface area contributed by atoms with Crippen molar-refractivity contribution in [1.82, 2.24) is 9.80 Å². The smallest absolute Gasteiger partial charge is 0.410 e. The lowest BCUT2D eigenvalue weighted by Crippen LogP contribution is -2.42. The summed E-state index contributed by atoms with van der Waals surface area (Å²) in [5.41, 5.74) is -0.438. The van der Waals surface area contributed by atoms with Gasteiger partial charge < -0.3 is 14.5 Å². The molecule has 2 aliphatic heterocycles. The van der Waals surface area contributed by atoms with Crippen LogP contribution in [0.1, 0.15) is 59.3 Å². The normalized spacial score (nSPS) is 20.5. The summed E-state index contributed by atoms with van der Waals surface area (Å²) >= 11 is 0. The van der Waals surface area contributed by atoms with Crippen molar-refractivity contribution in [3.05, 3.63) is 6.42 Å². The lowest BCUT2D eigenvalue weighted by Gasteiger charge is -2.34. The third-order valence-corrected chi connectivity index (χ3v) is 4.59. The van der Waals surface area contributed by atoms with Crippen LogP contribution in [-0.2, 0) is 9.53 Å². The predicted octanol–water partition coefficient (Wildman–Crippen LogP) is 3.24. The topological polar surface area (TPSA) is 49.9 Å². The van der Waals surface area contributed by atoms with Crippen molar-refractivity contribution in [2.75, 3.05) is 26.2 Å². The van der Waals surface area contributed by atoms with E-state index in [2.05, 4.69) is 6.42 Å². The SMILES string of the molecule is CC(C)(C)OC(=O)N1CCC(CCC(=O)N2CC[CH]CC2)CC1. The molecule has 0 aromatic rings. The van der Waals surface area contributed by atoms with Crippen LogP contribution in [0.25, 0.3) is 0 Å². The van der Waals surface area contributed by atoms with E-state index in [1.165, 1.54) is 0 Å². The highest BCUT2D eigenvalue weighted by Crippen LogP contribution is 2.24. The van der Waals surface area contributed by atoms with Gasteiger partial charge in [-0.1, -0.05) is 0 Å². The van der Waals surface area contributed by atoms with Gasteiger partial charge in [0.15, 0.2) is 0 Å². The number of nitrogens with zero attached hydrogens (tertiary/aromatic N) is 2. The molecule has 0 N–H and O–H groups in total. The van der Waals surface area contributed by atoms with Crippen molar-refractivity contribution in [2.24, 2.45) is 5.92 Å². The van der Waals surface area contributed by atoms with Crippen LogP contribution in [0, 0.1) is 12.3 Å². The first-order valence-corrected chi connectivity index (χ1v) is 8.92. The second-order valence-corrected chi connectivity index (χ2v) is 7.70. The third-order valence-electron chi connectivity index (χ3n) is 4.59. The van der Waals surface area contributed by atoms with E-state index in [0.29, 0.717) is 18.2 Å². The van der Waals surface area contributed by atoms with E-state index in [-0.39, 0.29) is 6.09 Å². The van der Waals surface area contributed by atoms with E-state index < -0.39 is 5.60 Å². The molecule has 0 aromatic heterocycles. The van der Waals surface area contributed by atoms with Gasteiger partial charge in [-0.2, -0.15) is 0 Å². The Hall–Kier alpha value is -1.26. The average Bonchev–Trinajstić information content (AvgIpc) is 2.52. The molecule has 0 bridgehead atoms. The number of likely N-dealkylation sites (tertiary alicyclic amines) is 2. The monoisotopic (exact) mass is 323 g/mol. The number of ether oxygens (including phenoxy) is 1. The molecule has 0 unspecified atom stereocenters. The largest absolute Gasteiger partial charge is 0.444 e. The molecule has 2 saturated heterocycles. The van der Waals surface area contributed by atoms with Crippen LogP contribution >= 0.6 is 0 Å². The maximum Gasteiger partial charge on any atom is 0.410 e. The Morgan fingerprint density at radius 2 is 1.65 bits per heavy atom. The molecular formula is C18H31N2O3. The van der Waals surface area contributed by atoms with Crippen molar-refractivity contribution < 1.29 is 14.3 Å². The second kappa shape index (κ2) is 8.02. The Bertz CT molecular complexity index is 403. The molecule has 2 aliphatic rings. The molecule has 2 heterocycles. The number of carbonyl (C=O) groups is 2. The Kier molecular flexibility index (Phi) is 6.31. The van der Waals surface area contributed by atoms with Crippen LogP contribution in [0.3, 0.4) is 0 Å². The standard InChI is InChI=1S/C18H31N2O3/c1-18(2,3)23-17(22)20-13-9-15(10-14-20)7-8-16(21)19-11-5-4-6-12-19/h4,15H,5-14H2,1-3H3. The van der Waals surface area contributed by atoms with Crippen molar-refractivity contribution in [3.63, 3.8) is 0 Å². The van der Waals surface area contributed by atoms with Crippen LogP contribution in [0.4, 0.5) is 4.79 Å². The highest BCUT2D eigenvalue weighted by Gasteiger charge is 2.27. The van der Waals surface area contributed by atoms with Gasteiger partial charge >= 0.3 is 6.09 Å². The Labute approximate surface area is 140 Å². The minimum Gasteiger partial charge on any atom is -0.444 e. The lowest BCUT2D eigenvalue weighted by atomic mass is 9.92. The van der Waals surface area contributed by atoms with E-state index >= 15 is 0 Å². The van der Waals surface area contributed by atoms with Crippen molar-refractivity contribution >= 4 is 12.0 Å². The van der Waals surface area contributed by atoms with Crippen LogP contribution in [-0.4, -0.2) is 53.6 Å². The highest BCUT2D eigenvalue weighted by atomic mass is 16.6. The maximum atomic E-state index is 12.2. The molecule has 5 heteroatoms. The summed E-state index contributed by atoms with van der Waals surface area (Å²) in [4.78, 5) is 28.0. The summed E-state index contributed by atoms with van der Waals surface area (Å²) in [6, 6.07) is 0. The summed E-state index contributed by atoms with van der Waals surface area (Å²) in [6.07, 6.45) is 7.64. The number of piperidine rings is 2. The first-order valence-electron chi connectivity index (χ1n) is 8.92. The highest BCUT2D eigenvalue weighted by molar-refractivity contribution is 5.76. The molecule has 1 radical (unpaired) electrons. The molecule has 0 aliphatic carbocycles. The Morgan fingerprint density at radius 3 is 2.22 bits per heavy atom. The van der Waals surface area contributed by atoms with Gasteiger partial charge in [0.25, 0.3) is 0 Å². The summed E-state index contributed by atoms with van der Waals surface area (Å²) in [5, 5.41) is 0. The van der Waals surface area contributed by atoms with Gasteiger partial charge in [-0.3, -0.25) is 4.79 Å². The molecule has 5 nitrogen and oxygen atoms in total. The van der Waals surface area contributed by atoms with Crippen LogP contribution in [0.2, 0.25) is 0 Å². The molecule has 0 spiro atoms. The van der Waals surface area contributed by atoms with Gasteiger partial charge in [-0.15, -0.1) is 0 Å². The van der Waals surface area contributed by atoms with Gasteiger partial charge in [0.2, 0.25) is 5.91 Å². The summed E-state index contributed by atoms with van der Waals surface area (Å²) in [7, 11) is 0. The van der Waals surface area contributed by atoms with E-state index in [9.17, 15) is 9.59 Å². The molecule has 0 aromatic carbocycles. The third kappa shape index (κ3) is 6.04. The molecule has 131 valence electrons. The van der Waals surface area contributed by atoms with Crippen LogP contribution in [0.15, 0.2) is 0 Å². The number of hydrogen-bond donors (Lipinski definition) is 0. The molecular weight excluding hydrogens is 292 g/mol. The fraction of sp³-hybridized carbons (Fsp3) is 0.833. The first kappa shape index (κ1) is 18.1. The van der Waals surface area contributed by atoms with E-state index in [0.717, 1.165) is 58.3 Å². The van der Waals surface area contributed by atoms with E-state index in [1.54, 1.807) is 4.90 Å². The quantitative estimate of drug-likeness (QED) is 0.801. The zero-order valence-electron chi connectivity index (χ0n) is 14.8. The average molecular weight is 323 g/mol. The number of hydrogen-bond acceptors (Lipinski definition) is 3. The lowest BCUT2D eigenvalue weighted by molar-refractivity contribution is -0.132. The van der Waals surface area contributed by atoms with Crippen molar-refractivity contribution in [2.45, 2.75) is 64.9 Å². The van der Waals surface area contributed by atoms with Crippen LogP contribution in [0.5, 0.6) is 0 Å². The molecule has 23 heavy (non-hydrogen) atoms. The van der Waals surface area contributed by atoms with E-state index in [4.69, 9.17) is 4.74 Å². The van der Waals surface area contributed by atoms with E-state index in [1.807, 2.05) is 25.7 Å². The van der Waals surface area contributed by atoms with Gasteiger partial charge in [-0.05, 0) is 65.2 Å². The summed E-state index contributed by atoms with van der Waals surface area (Å²) < 4.78 is 5.41. The summed E-state index contributed by atoms with van der Waals surface area (Å²) in [5.74, 6) is 0.849. The second-order valence-electron chi connectivity index (χ2n) is 7.70. The number of amides is 2. The minimum atomic E-state index is -0.438. The molecule has 0 atom stereocenters. The predicted molar refractivity (Wildman–Crippen MR) is 89.9 cm³/mol. The van der Waals surface area contributed by atoms with Crippen LogP contribution < -0.4 is 0 Å². The zero-order chi connectivity index (χ0) is 16.9. The number of rotatable bonds is 3. The Morgan fingerprint density at radius 1 is 1.04 bits per heavy atom. The summed E-state index contributed by atoms with van der Waals surface area (Å²) in [6.45, 7) is 8.93. The molecule has 2 fully saturated rings.